The monoisotopic (exact) mass is 454 g/mol. The number of carbonyl (C=O) groups is 2. The summed E-state index contributed by atoms with van der Waals surface area (Å²) in [6.45, 7) is 6.09. The van der Waals surface area contributed by atoms with Crippen molar-refractivity contribution < 1.29 is 14.3 Å². The van der Waals surface area contributed by atoms with E-state index in [1.54, 1.807) is 22.5 Å². The van der Waals surface area contributed by atoms with Crippen LogP contribution in [0.2, 0.25) is 0 Å². The molecule has 8 heteroatoms. The van der Waals surface area contributed by atoms with Crippen molar-refractivity contribution in [2.75, 3.05) is 12.9 Å². The highest BCUT2D eigenvalue weighted by molar-refractivity contribution is 7.98. The number of aromatic nitrogens is 3. The topological polar surface area (TPSA) is 86.1 Å². The molecule has 1 aromatic heterocycles. The van der Waals surface area contributed by atoms with Gasteiger partial charge >= 0.3 is 0 Å². The number of thioether (sulfide) groups is 1. The average molecular weight is 455 g/mol. The highest BCUT2D eigenvalue weighted by Gasteiger charge is 2.27. The van der Waals surface area contributed by atoms with Crippen LogP contribution in [0.15, 0.2) is 47.9 Å². The molecule has 0 spiro atoms. The largest absolute Gasteiger partial charge is 0.494 e. The number of aldehydes is 1. The predicted molar refractivity (Wildman–Crippen MR) is 127 cm³/mol. The SMILES string of the molecule is C=CC(C=O)C/C=C(\C)n1nnc(C(=O)NC2CC2)c1CCCOc1ccc(SC)cc1. The van der Waals surface area contributed by atoms with Crippen molar-refractivity contribution in [2.45, 2.75) is 50.0 Å². The standard InChI is InChI=1S/C24H30N4O3S/c1-4-18(16-29)8-7-17(2)28-22(23(26-27-28)24(30)25-19-9-10-19)6-5-15-31-20-11-13-21(32-3)14-12-20/h4,7,11-14,16,18-19H,1,5-6,8-10,15H2,2-3H3,(H,25,30)/b17-7+. The molecule has 7 nitrogen and oxygen atoms in total. The molecule has 1 aromatic carbocycles. The predicted octanol–water partition coefficient (Wildman–Crippen LogP) is 4.16. The molecule has 1 amide bonds. The van der Waals surface area contributed by atoms with Crippen LogP contribution in [0.4, 0.5) is 0 Å². The summed E-state index contributed by atoms with van der Waals surface area (Å²) in [7, 11) is 0. The number of hydrogen-bond acceptors (Lipinski definition) is 6. The number of allylic oxidation sites excluding steroid dienone is 3. The minimum absolute atomic E-state index is 0.188. The van der Waals surface area contributed by atoms with Crippen LogP contribution in [-0.2, 0) is 11.2 Å². The van der Waals surface area contributed by atoms with E-state index >= 15 is 0 Å². The third-order valence-electron chi connectivity index (χ3n) is 5.27. The third-order valence-corrected chi connectivity index (χ3v) is 6.02. The number of nitrogens with one attached hydrogen (secondary N) is 1. The molecule has 1 aliphatic carbocycles. The minimum Gasteiger partial charge on any atom is -0.494 e. The number of carbonyl (C=O) groups excluding carboxylic acids is 2. The molecule has 1 N–H and O–H groups in total. The molecule has 2 aromatic rings. The van der Waals surface area contributed by atoms with Gasteiger partial charge in [0.15, 0.2) is 5.69 Å². The van der Waals surface area contributed by atoms with Crippen molar-refractivity contribution in [3.05, 3.63) is 54.4 Å². The molecule has 32 heavy (non-hydrogen) atoms. The number of nitrogens with zero attached hydrogens (tertiary/aromatic N) is 3. The van der Waals surface area contributed by atoms with Crippen LogP contribution in [0.3, 0.4) is 0 Å². The fourth-order valence-electron chi connectivity index (χ4n) is 3.17. The molecule has 0 saturated heterocycles. The molecule has 1 aliphatic rings. The van der Waals surface area contributed by atoms with Gasteiger partial charge in [-0.1, -0.05) is 17.4 Å². The second-order valence-electron chi connectivity index (χ2n) is 7.79. The Labute approximate surface area is 193 Å². The normalized spacial score (nSPS) is 14.6. The first-order chi connectivity index (χ1) is 15.5. The fourth-order valence-corrected chi connectivity index (χ4v) is 3.58. The van der Waals surface area contributed by atoms with Crippen molar-refractivity contribution >= 4 is 29.7 Å². The van der Waals surface area contributed by atoms with Crippen LogP contribution >= 0.6 is 11.8 Å². The first kappa shape index (κ1) is 23.8. The Bertz CT molecular complexity index is 956. The number of amides is 1. The second-order valence-corrected chi connectivity index (χ2v) is 8.67. The van der Waals surface area contributed by atoms with E-state index in [0.717, 1.165) is 36.3 Å². The van der Waals surface area contributed by atoms with Gasteiger partial charge in [-0.3, -0.25) is 4.79 Å². The zero-order valence-electron chi connectivity index (χ0n) is 18.6. The molecule has 1 unspecified atom stereocenters. The minimum atomic E-state index is -0.250. The third kappa shape index (κ3) is 6.56. The fraction of sp³-hybridized carbons (Fsp3) is 0.417. The van der Waals surface area contributed by atoms with Gasteiger partial charge in [0.2, 0.25) is 0 Å². The van der Waals surface area contributed by atoms with Crippen molar-refractivity contribution in [3.63, 3.8) is 0 Å². The lowest BCUT2D eigenvalue weighted by molar-refractivity contribution is -0.109. The van der Waals surface area contributed by atoms with Crippen LogP contribution in [0.25, 0.3) is 5.70 Å². The summed E-state index contributed by atoms with van der Waals surface area (Å²) in [5.41, 5.74) is 1.92. The molecule has 0 radical (unpaired) electrons. The van der Waals surface area contributed by atoms with Gasteiger partial charge in [-0.05, 0) is 69.5 Å². The Kier molecular flexibility index (Phi) is 8.67. The van der Waals surface area contributed by atoms with Crippen LogP contribution < -0.4 is 10.1 Å². The summed E-state index contributed by atoms with van der Waals surface area (Å²) < 4.78 is 7.56. The molecule has 1 saturated carbocycles. The summed E-state index contributed by atoms with van der Waals surface area (Å²) >= 11 is 1.69. The van der Waals surface area contributed by atoms with E-state index in [1.807, 2.05) is 43.5 Å². The summed E-state index contributed by atoms with van der Waals surface area (Å²) in [6.07, 6.45) is 10.3. The Hall–Kier alpha value is -2.87. The molecule has 1 fully saturated rings. The molecule has 3 rings (SSSR count). The maximum Gasteiger partial charge on any atom is 0.273 e. The first-order valence-electron chi connectivity index (χ1n) is 10.8. The molecule has 170 valence electrons. The highest BCUT2D eigenvalue weighted by atomic mass is 32.2. The summed E-state index contributed by atoms with van der Waals surface area (Å²) in [6, 6.07) is 8.22. The molecule has 0 bridgehead atoms. The number of rotatable bonds is 13. The smallest absolute Gasteiger partial charge is 0.273 e. The van der Waals surface area contributed by atoms with Crippen molar-refractivity contribution in [2.24, 2.45) is 5.92 Å². The van der Waals surface area contributed by atoms with Gasteiger partial charge in [0, 0.05) is 22.6 Å². The molecule has 0 aliphatic heterocycles. The van der Waals surface area contributed by atoms with Crippen molar-refractivity contribution in [1.82, 2.24) is 20.3 Å². The zero-order chi connectivity index (χ0) is 22.9. The summed E-state index contributed by atoms with van der Waals surface area (Å²) in [5, 5.41) is 11.4. The number of ether oxygens (including phenoxy) is 1. The lowest BCUT2D eigenvalue weighted by Crippen LogP contribution is -2.27. The van der Waals surface area contributed by atoms with Gasteiger partial charge in [-0.25, -0.2) is 4.68 Å². The van der Waals surface area contributed by atoms with Gasteiger partial charge in [-0.2, -0.15) is 0 Å². The summed E-state index contributed by atoms with van der Waals surface area (Å²) in [4.78, 5) is 25.0. The molecular weight excluding hydrogens is 424 g/mol. The lowest BCUT2D eigenvalue weighted by atomic mass is 10.1. The Morgan fingerprint density at radius 2 is 2.12 bits per heavy atom. The molecule has 1 heterocycles. The van der Waals surface area contributed by atoms with Gasteiger partial charge < -0.3 is 14.8 Å². The Balaban J connectivity index is 1.69. The van der Waals surface area contributed by atoms with E-state index in [-0.39, 0.29) is 17.9 Å². The number of benzene rings is 1. The maximum atomic E-state index is 12.7. The van der Waals surface area contributed by atoms with Crippen LogP contribution in [0.1, 0.15) is 48.8 Å². The van der Waals surface area contributed by atoms with Crippen molar-refractivity contribution in [3.8, 4) is 5.75 Å². The number of hydrogen-bond donors (Lipinski definition) is 1. The Morgan fingerprint density at radius 1 is 1.38 bits per heavy atom. The zero-order valence-corrected chi connectivity index (χ0v) is 19.4. The van der Waals surface area contributed by atoms with Gasteiger partial charge in [0.05, 0.1) is 12.3 Å². The average Bonchev–Trinajstić information content (AvgIpc) is 3.52. The van der Waals surface area contributed by atoms with Gasteiger partial charge in [0.1, 0.15) is 12.0 Å². The second kappa shape index (κ2) is 11.7. The van der Waals surface area contributed by atoms with E-state index in [9.17, 15) is 9.59 Å². The first-order valence-corrected chi connectivity index (χ1v) is 12.1. The highest BCUT2D eigenvalue weighted by Crippen LogP contribution is 2.22. The van der Waals surface area contributed by atoms with Crippen molar-refractivity contribution in [1.29, 1.82) is 0 Å². The van der Waals surface area contributed by atoms with Crippen LogP contribution in [-0.4, -0.2) is 46.1 Å². The van der Waals surface area contributed by atoms with E-state index in [4.69, 9.17) is 4.74 Å². The quantitative estimate of drug-likeness (QED) is 0.212. The van der Waals surface area contributed by atoms with E-state index in [1.165, 1.54) is 4.90 Å². The maximum absolute atomic E-state index is 12.7. The Morgan fingerprint density at radius 3 is 2.75 bits per heavy atom. The van der Waals surface area contributed by atoms with Crippen LogP contribution in [0, 0.1) is 5.92 Å². The van der Waals surface area contributed by atoms with E-state index < -0.39 is 0 Å². The molecule has 1 atom stereocenters. The molecular formula is C24H30N4O3S. The summed E-state index contributed by atoms with van der Waals surface area (Å²) in [5.74, 6) is 0.383. The van der Waals surface area contributed by atoms with Crippen LogP contribution in [0.5, 0.6) is 5.75 Å². The van der Waals surface area contributed by atoms with E-state index in [0.29, 0.717) is 31.6 Å². The van der Waals surface area contributed by atoms with Gasteiger partial charge in [-0.15, -0.1) is 23.4 Å². The van der Waals surface area contributed by atoms with Gasteiger partial charge in [0.25, 0.3) is 5.91 Å². The van der Waals surface area contributed by atoms with E-state index in [2.05, 4.69) is 22.2 Å². The lowest BCUT2D eigenvalue weighted by Gasteiger charge is -2.11.